The lowest BCUT2D eigenvalue weighted by Crippen LogP contribution is -2.70. The molecule has 20 atom stereocenters. The summed E-state index contributed by atoms with van der Waals surface area (Å²) < 4.78 is 39.1. The summed E-state index contributed by atoms with van der Waals surface area (Å²) in [5.41, 5.74) is 0. The van der Waals surface area contributed by atoms with Crippen LogP contribution in [0.25, 0.3) is 0 Å². The van der Waals surface area contributed by atoms with Crippen LogP contribution in [0.1, 0.15) is 13.8 Å². The third-order valence-corrected chi connectivity index (χ3v) is 9.01. The Morgan fingerprint density at radius 1 is 0.471 bits per heavy atom. The van der Waals surface area contributed by atoms with E-state index in [0.29, 0.717) is 0 Å². The fourth-order valence-corrected chi connectivity index (χ4v) is 6.35. The maximum atomic E-state index is 12.2. The van der Waals surface area contributed by atoms with E-state index in [1.54, 1.807) is 0 Å². The van der Waals surface area contributed by atoms with Crippen molar-refractivity contribution in [3.8, 4) is 0 Å². The van der Waals surface area contributed by atoms with E-state index in [2.05, 4.69) is 10.6 Å². The Morgan fingerprint density at radius 3 is 1.41 bits per heavy atom. The van der Waals surface area contributed by atoms with Gasteiger partial charge in [0.15, 0.2) is 25.2 Å². The molecule has 0 aliphatic carbocycles. The van der Waals surface area contributed by atoms with Crippen molar-refractivity contribution in [3.05, 3.63) is 0 Å². The first kappa shape index (κ1) is 41.9. The maximum Gasteiger partial charge on any atom is 0.217 e. The van der Waals surface area contributed by atoms with Gasteiger partial charge in [-0.1, -0.05) is 0 Å². The number of amides is 2. The van der Waals surface area contributed by atoms with Gasteiger partial charge < -0.3 is 105 Å². The van der Waals surface area contributed by atoms with Gasteiger partial charge in [0.05, 0.1) is 26.4 Å². The molecule has 4 fully saturated rings. The fraction of sp³-hybridized carbons (Fsp3) is 0.929. The Morgan fingerprint density at radius 2 is 0.882 bits per heavy atom. The second-order valence-electron chi connectivity index (χ2n) is 12.6. The molecule has 14 N–H and O–H groups in total. The second kappa shape index (κ2) is 18.0. The molecule has 0 aromatic heterocycles. The molecule has 2 amide bonds. The summed E-state index contributed by atoms with van der Waals surface area (Å²) in [6.07, 6.45) is -31.4. The highest BCUT2D eigenvalue weighted by molar-refractivity contribution is 5.73. The minimum absolute atomic E-state index is 0.660. The molecule has 0 saturated carbocycles. The Balaban J connectivity index is 1.56. The van der Waals surface area contributed by atoms with E-state index in [9.17, 15) is 70.9 Å². The number of rotatable bonds is 12. The summed E-state index contributed by atoms with van der Waals surface area (Å²) >= 11 is 0. The number of carbonyl (C=O) groups is 2. The van der Waals surface area contributed by atoms with Crippen LogP contribution in [0.2, 0.25) is 0 Å². The van der Waals surface area contributed by atoms with Crippen molar-refractivity contribution in [1.29, 1.82) is 0 Å². The van der Waals surface area contributed by atoms with E-state index in [4.69, 9.17) is 33.2 Å². The van der Waals surface area contributed by atoms with Gasteiger partial charge in [-0.15, -0.1) is 0 Å². The third-order valence-electron chi connectivity index (χ3n) is 9.01. The van der Waals surface area contributed by atoms with Crippen molar-refractivity contribution in [1.82, 2.24) is 10.6 Å². The van der Waals surface area contributed by atoms with E-state index < -0.39 is 161 Å². The predicted octanol–water partition coefficient (Wildman–Crippen LogP) is -9.46. The summed E-state index contributed by atoms with van der Waals surface area (Å²) in [5.74, 6) is -1.40. The summed E-state index contributed by atoms with van der Waals surface area (Å²) in [6, 6.07) is -3.04. The van der Waals surface area contributed by atoms with Crippen LogP contribution >= 0.6 is 0 Å². The van der Waals surface area contributed by atoms with E-state index in [1.165, 1.54) is 0 Å². The molecule has 4 saturated heterocycles. The number of hydrogen-bond acceptors (Lipinski definition) is 21. The topological polar surface area (TPSA) is 366 Å². The fourth-order valence-electron chi connectivity index (χ4n) is 6.35. The summed E-state index contributed by atoms with van der Waals surface area (Å²) in [4.78, 5) is 23.9. The van der Waals surface area contributed by atoms with Crippen LogP contribution in [0, 0.1) is 0 Å². The number of ether oxygens (including phenoxy) is 7. The van der Waals surface area contributed by atoms with Crippen molar-refractivity contribution < 1.29 is 104 Å². The zero-order chi connectivity index (χ0) is 37.9. The first-order valence-electron chi connectivity index (χ1n) is 16.1. The monoisotopic (exact) mass is 748 g/mol. The minimum atomic E-state index is -2.04. The molecule has 0 radical (unpaired) electrons. The quantitative estimate of drug-likeness (QED) is 0.0881. The molecule has 296 valence electrons. The predicted molar refractivity (Wildman–Crippen MR) is 157 cm³/mol. The van der Waals surface area contributed by atoms with Crippen LogP contribution in [0.4, 0.5) is 0 Å². The van der Waals surface area contributed by atoms with Crippen molar-refractivity contribution >= 4 is 11.8 Å². The summed E-state index contributed by atoms with van der Waals surface area (Å²) in [6.45, 7) is -1.28. The Hall–Kier alpha value is -1.82. The van der Waals surface area contributed by atoms with E-state index in [0.717, 1.165) is 13.8 Å². The molecule has 0 aromatic rings. The Labute approximate surface area is 289 Å². The average Bonchev–Trinajstić information content (AvgIpc) is 3.09. The molecule has 0 unspecified atom stereocenters. The van der Waals surface area contributed by atoms with Crippen LogP contribution in [0.3, 0.4) is 0 Å². The molecule has 0 bridgehead atoms. The van der Waals surface area contributed by atoms with Crippen molar-refractivity contribution in [2.45, 2.75) is 137 Å². The van der Waals surface area contributed by atoms with Crippen LogP contribution in [0.5, 0.6) is 0 Å². The van der Waals surface area contributed by atoms with Crippen molar-refractivity contribution in [2.75, 3.05) is 26.4 Å². The van der Waals surface area contributed by atoms with Crippen LogP contribution in [-0.4, -0.2) is 222 Å². The summed E-state index contributed by atoms with van der Waals surface area (Å²) in [5, 5.41) is 130. The molecule has 0 aromatic carbocycles. The highest BCUT2D eigenvalue weighted by Crippen LogP contribution is 2.34. The molecule has 4 rings (SSSR count). The van der Waals surface area contributed by atoms with E-state index in [1.807, 2.05) is 0 Å². The minimum Gasteiger partial charge on any atom is -0.394 e. The van der Waals surface area contributed by atoms with E-state index in [-0.39, 0.29) is 0 Å². The van der Waals surface area contributed by atoms with Crippen LogP contribution in [0.15, 0.2) is 0 Å². The number of aliphatic hydroxyl groups is 12. The number of carbonyl (C=O) groups excluding carboxylic acids is 2. The van der Waals surface area contributed by atoms with Crippen LogP contribution in [-0.2, 0) is 42.7 Å². The number of nitrogens with one attached hydrogen (secondary N) is 2. The van der Waals surface area contributed by atoms with Gasteiger partial charge in [0, 0.05) is 13.8 Å². The van der Waals surface area contributed by atoms with Gasteiger partial charge in [-0.3, -0.25) is 9.59 Å². The molecular weight excluding hydrogens is 700 g/mol. The second-order valence-corrected chi connectivity index (χ2v) is 12.6. The van der Waals surface area contributed by atoms with Crippen LogP contribution < -0.4 is 10.6 Å². The van der Waals surface area contributed by atoms with Gasteiger partial charge in [0.25, 0.3) is 0 Å². The molecule has 4 aliphatic heterocycles. The molecular formula is C28H48N2O21. The van der Waals surface area contributed by atoms with Crippen molar-refractivity contribution in [2.24, 2.45) is 0 Å². The zero-order valence-corrected chi connectivity index (χ0v) is 27.4. The Bertz CT molecular complexity index is 1140. The first-order chi connectivity index (χ1) is 24.1. The van der Waals surface area contributed by atoms with Gasteiger partial charge >= 0.3 is 0 Å². The van der Waals surface area contributed by atoms with Gasteiger partial charge in [0.1, 0.15) is 97.5 Å². The smallest absolute Gasteiger partial charge is 0.217 e. The van der Waals surface area contributed by atoms with Gasteiger partial charge in [-0.05, 0) is 0 Å². The molecule has 4 heterocycles. The summed E-state index contributed by atoms with van der Waals surface area (Å²) in [7, 11) is 0. The third kappa shape index (κ3) is 9.11. The number of aliphatic hydroxyl groups excluding tert-OH is 12. The molecule has 0 spiro atoms. The van der Waals surface area contributed by atoms with Gasteiger partial charge in [-0.25, -0.2) is 0 Å². The molecule has 51 heavy (non-hydrogen) atoms. The lowest BCUT2D eigenvalue weighted by atomic mass is 9.94. The van der Waals surface area contributed by atoms with Gasteiger partial charge in [-0.2, -0.15) is 0 Å². The standard InChI is InChI=1S/C28H48N2O21/c1-7(35)29-13-17(39)22(11(5-33)45-25(13)44)49-26-14(30-8(2)36)18(40)23(12(6-34)48-26)50-28-21(43)24(16(38)10(4-32)47-28)51-27-20(42)19(41)15(37)9(3-31)46-27/h9-28,31-34,37-44H,3-6H2,1-2H3,(H,29,35)(H,30,36)/t9-,10-,11-,12-,13-,14-,15-,16-,17-,18-,19+,20+,21+,22-,23-,24-,25-,26+,27+,28+/m1/s1. The first-order valence-corrected chi connectivity index (χ1v) is 16.1. The lowest BCUT2D eigenvalue weighted by molar-refractivity contribution is -0.379. The average molecular weight is 749 g/mol. The van der Waals surface area contributed by atoms with Crippen molar-refractivity contribution in [3.63, 3.8) is 0 Å². The highest BCUT2D eigenvalue weighted by Gasteiger charge is 2.55. The lowest BCUT2D eigenvalue weighted by Gasteiger charge is -2.50. The highest BCUT2D eigenvalue weighted by atomic mass is 16.8. The SMILES string of the molecule is CC(=O)N[C@@H]1[C@@H](O)[C@H](O[C@@H]2O[C@H](CO)[C@@H](O[C@@H]3O[C@H](CO)[C@@H](O)[C@@H](O[C@@H]4O[C@H](CO)[C@@H](O)[C@H](O)[C@@H]4O)[C@@H]3O)[C@H](O)[C@H]2NC(C)=O)[C@@H](CO)O[C@H]1O. The zero-order valence-electron chi connectivity index (χ0n) is 27.4. The molecule has 23 nitrogen and oxygen atoms in total. The Kier molecular flexibility index (Phi) is 14.8. The number of hydrogen-bond donors (Lipinski definition) is 14. The largest absolute Gasteiger partial charge is 0.394 e. The van der Waals surface area contributed by atoms with E-state index >= 15 is 0 Å². The normalized spacial score (nSPS) is 47.8. The maximum absolute atomic E-state index is 12.2. The molecule has 23 heteroatoms. The molecule has 4 aliphatic rings. The van der Waals surface area contributed by atoms with Gasteiger partial charge in [0.2, 0.25) is 11.8 Å².